The number of carbonyl (C=O) groups excluding carboxylic acids is 1. The summed E-state index contributed by atoms with van der Waals surface area (Å²) in [5.41, 5.74) is 1.50. The molecular formula is C11H12FNO2. The van der Waals surface area contributed by atoms with Crippen LogP contribution in [0.15, 0.2) is 18.2 Å². The van der Waals surface area contributed by atoms with Gasteiger partial charge < -0.3 is 10.1 Å². The van der Waals surface area contributed by atoms with Gasteiger partial charge in [0.05, 0.1) is 6.61 Å². The number of hydrogen-bond acceptors (Lipinski definition) is 3. The second kappa shape index (κ2) is 3.88. The van der Waals surface area contributed by atoms with Crippen LogP contribution in [-0.2, 0) is 9.53 Å². The first-order chi connectivity index (χ1) is 7.22. The Morgan fingerprint density at radius 1 is 1.67 bits per heavy atom. The molecule has 3 nitrogen and oxygen atoms in total. The third-order valence-corrected chi connectivity index (χ3v) is 2.46. The van der Waals surface area contributed by atoms with E-state index in [0.717, 1.165) is 5.69 Å². The number of nitrogens with one attached hydrogen (secondary N) is 1. The van der Waals surface area contributed by atoms with Crippen molar-refractivity contribution in [2.45, 2.75) is 12.8 Å². The van der Waals surface area contributed by atoms with E-state index in [2.05, 4.69) is 5.32 Å². The zero-order chi connectivity index (χ0) is 10.8. The van der Waals surface area contributed by atoms with Crippen LogP contribution in [0.4, 0.5) is 10.1 Å². The molecule has 1 atom stereocenters. The minimum atomic E-state index is -0.379. The van der Waals surface area contributed by atoms with E-state index in [0.29, 0.717) is 18.7 Å². The highest BCUT2D eigenvalue weighted by atomic mass is 19.1. The first kappa shape index (κ1) is 9.96. The van der Waals surface area contributed by atoms with Crippen LogP contribution >= 0.6 is 0 Å². The lowest BCUT2D eigenvalue weighted by Crippen LogP contribution is -2.17. The molecule has 0 aromatic heterocycles. The lowest BCUT2D eigenvalue weighted by atomic mass is 10.0. The number of halogens is 1. The Morgan fingerprint density at radius 3 is 3.20 bits per heavy atom. The maximum absolute atomic E-state index is 13.0. The van der Waals surface area contributed by atoms with Gasteiger partial charge >= 0.3 is 5.97 Å². The van der Waals surface area contributed by atoms with Crippen molar-refractivity contribution in [2.75, 3.05) is 18.5 Å². The van der Waals surface area contributed by atoms with E-state index in [-0.39, 0.29) is 17.7 Å². The first-order valence-electron chi connectivity index (χ1n) is 4.92. The largest absolute Gasteiger partial charge is 0.465 e. The lowest BCUT2D eigenvalue weighted by Gasteiger charge is -2.08. The van der Waals surface area contributed by atoms with E-state index in [1.54, 1.807) is 13.0 Å². The van der Waals surface area contributed by atoms with Crippen LogP contribution in [0.3, 0.4) is 0 Å². The molecule has 15 heavy (non-hydrogen) atoms. The molecule has 0 radical (unpaired) electrons. The number of benzene rings is 1. The molecule has 0 bridgehead atoms. The SMILES string of the molecule is CCOC(=O)C1CNc2ccc(F)cc21. The summed E-state index contributed by atoms with van der Waals surface area (Å²) in [7, 11) is 0. The molecule has 0 spiro atoms. The molecule has 0 amide bonds. The van der Waals surface area contributed by atoms with E-state index >= 15 is 0 Å². The van der Waals surface area contributed by atoms with E-state index in [4.69, 9.17) is 4.74 Å². The van der Waals surface area contributed by atoms with Crippen LogP contribution < -0.4 is 5.32 Å². The molecule has 1 aromatic carbocycles. The maximum Gasteiger partial charge on any atom is 0.315 e. The fourth-order valence-corrected chi connectivity index (χ4v) is 1.76. The van der Waals surface area contributed by atoms with Gasteiger partial charge in [-0.25, -0.2) is 4.39 Å². The highest BCUT2D eigenvalue weighted by Gasteiger charge is 2.29. The van der Waals surface area contributed by atoms with Gasteiger partial charge in [0.2, 0.25) is 0 Å². The number of anilines is 1. The molecule has 0 fully saturated rings. The van der Waals surface area contributed by atoms with Crippen molar-refractivity contribution in [3.8, 4) is 0 Å². The van der Waals surface area contributed by atoms with Crippen molar-refractivity contribution in [1.29, 1.82) is 0 Å². The number of hydrogen-bond donors (Lipinski definition) is 1. The van der Waals surface area contributed by atoms with E-state index in [1.807, 2.05) is 0 Å². The van der Waals surface area contributed by atoms with Crippen LogP contribution in [0, 0.1) is 5.82 Å². The highest BCUT2D eigenvalue weighted by Crippen LogP contribution is 2.32. The zero-order valence-corrected chi connectivity index (χ0v) is 8.42. The Balaban J connectivity index is 2.27. The van der Waals surface area contributed by atoms with Crippen molar-refractivity contribution >= 4 is 11.7 Å². The van der Waals surface area contributed by atoms with Crippen LogP contribution in [0.5, 0.6) is 0 Å². The summed E-state index contributed by atoms with van der Waals surface area (Å²) >= 11 is 0. The molecule has 0 aliphatic carbocycles. The average Bonchev–Trinajstić information content (AvgIpc) is 2.60. The van der Waals surface area contributed by atoms with Crippen LogP contribution in [0.1, 0.15) is 18.4 Å². The standard InChI is InChI=1S/C11H12FNO2/c1-2-15-11(14)9-6-13-10-4-3-7(12)5-8(9)10/h3-5,9,13H,2,6H2,1H3. The minimum absolute atomic E-state index is 0.297. The van der Waals surface area contributed by atoms with Gasteiger partial charge in [-0.15, -0.1) is 0 Å². The zero-order valence-electron chi connectivity index (χ0n) is 8.42. The minimum Gasteiger partial charge on any atom is -0.465 e. The summed E-state index contributed by atoms with van der Waals surface area (Å²) in [4.78, 5) is 11.5. The molecule has 1 N–H and O–H groups in total. The maximum atomic E-state index is 13.0. The van der Waals surface area contributed by atoms with Gasteiger partial charge in [0, 0.05) is 12.2 Å². The summed E-state index contributed by atoms with van der Waals surface area (Å²) < 4.78 is 17.9. The highest BCUT2D eigenvalue weighted by molar-refractivity contribution is 5.83. The summed E-state index contributed by atoms with van der Waals surface area (Å²) in [6.45, 7) is 2.59. The third kappa shape index (κ3) is 1.79. The Labute approximate surface area is 87.2 Å². The van der Waals surface area contributed by atoms with Gasteiger partial charge in [-0.05, 0) is 30.7 Å². The molecule has 1 aromatic rings. The number of rotatable bonds is 2. The average molecular weight is 209 g/mol. The fraction of sp³-hybridized carbons (Fsp3) is 0.364. The summed E-state index contributed by atoms with van der Waals surface area (Å²) in [5.74, 6) is -1.00. The van der Waals surface area contributed by atoms with Crippen LogP contribution in [0.2, 0.25) is 0 Å². The molecule has 0 saturated heterocycles. The first-order valence-corrected chi connectivity index (χ1v) is 4.92. The van der Waals surface area contributed by atoms with Crippen LogP contribution in [-0.4, -0.2) is 19.1 Å². The third-order valence-electron chi connectivity index (χ3n) is 2.46. The van der Waals surface area contributed by atoms with E-state index < -0.39 is 0 Å². The second-order valence-corrected chi connectivity index (χ2v) is 3.42. The summed E-state index contributed by atoms with van der Waals surface area (Å²) in [5, 5.41) is 3.05. The molecule has 0 saturated carbocycles. The lowest BCUT2D eigenvalue weighted by molar-refractivity contribution is -0.144. The molecule has 2 rings (SSSR count). The normalized spacial score (nSPS) is 18.1. The van der Waals surface area contributed by atoms with Gasteiger partial charge in [-0.2, -0.15) is 0 Å². The van der Waals surface area contributed by atoms with E-state index in [1.165, 1.54) is 12.1 Å². The molecule has 1 unspecified atom stereocenters. The number of fused-ring (bicyclic) bond motifs is 1. The van der Waals surface area contributed by atoms with Gasteiger partial charge in [0.1, 0.15) is 11.7 Å². The van der Waals surface area contributed by atoms with Crippen molar-refractivity contribution < 1.29 is 13.9 Å². The topological polar surface area (TPSA) is 38.3 Å². The number of carbonyl (C=O) groups is 1. The molecular weight excluding hydrogens is 197 g/mol. The van der Waals surface area contributed by atoms with E-state index in [9.17, 15) is 9.18 Å². The van der Waals surface area contributed by atoms with Gasteiger partial charge in [0.15, 0.2) is 0 Å². The second-order valence-electron chi connectivity index (χ2n) is 3.42. The van der Waals surface area contributed by atoms with Crippen LogP contribution in [0.25, 0.3) is 0 Å². The Bertz CT molecular complexity index is 392. The van der Waals surface area contributed by atoms with Crippen molar-refractivity contribution in [1.82, 2.24) is 0 Å². The predicted octanol–water partition coefficient (Wildman–Crippen LogP) is 1.90. The van der Waals surface area contributed by atoms with Crippen molar-refractivity contribution in [3.05, 3.63) is 29.6 Å². The molecule has 1 heterocycles. The molecule has 80 valence electrons. The summed E-state index contributed by atoms with van der Waals surface area (Å²) in [6, 6.07) is 4.40. The van der Waals surface area contributed by atoms with Crippen molar-refractivity contribution in [3.63, 3.8) is 0 Å². The Morgan fingerprint density at radius 2 is 2.47 bits per heavy atom. The van der Waals surface area contributed by atoms with Gasteiger partial charge in [0.25, 0.3) is 0 Å². The van der Waals surface area contributed by atoms with Gasteiger partial charge in [-0.1, -0.05) is 0 Å². The predicted molar refractivity (Wildman–Crippen MR) is 54.3 cm³/mol. The smallest absolute Gasteiger partial charge is 0.315 e. The monoisotopic (exact) mass is 209 g/mol. The quantitative estimate of drug-likeness (QED) is 0.756. The molecule has 1 aliphatic heterocycles. The van der Waals surface area contributed by atoms with Crippen molar-refractivity contribution in [2.24, 2.45) is 0 Å². The Kier molecular flexibility index (Phi) is 2.58. The molecule has 1 aliphatic rings. The molecule has 4 heteroatoms. The number of ether oxygens (including phenoxy) is 1. The Hall–Kier alpha value is -1.58. The fourth-order valence-electron chi connectivity index (χ4n) is 1.76. The summed E-state index contributed by atoms with van der Waals surface area (Å²) in [6.07, 6.45) is 0. The number of esters is 1. The van der Waals surface area contributed by atoms with Gasteiger partial charge in [-0.3, -0.25) is 4.79 Å².